The van der Waals surface area contributed by atoms with Gasteiger partial charge in [-0.05, 0) is 50.4 Å². The van der Waals surface area contributed by atoms with Gasteiger partial charge in [-0.25, -0.2) is 0 Å². The predicted molar refractivity (Wildman–Crippen MR) is 82.8 cm³/mol. The van der Waals surface area contributed by atoms with Gasteiger partial charge in [0.25, 0.3) is 0 Å². The number of hydrogen-bond donors (Lipinski definition) is 1. The Bertz CT molecular complexity index is 349. The Labute approximate surface area is 118 Å². The standard InChI is InChI=1S/C17H29NO/c1-14(2)7-5-9-16(18-4)11-12-19-17-10-6-8-15(3)13-17/h6,8,10,13-14,16,18H,5,7,9,11-12H2,1-4H3. The number of hydrogen-bond acceptors (Lipinski definition) is 2. The highest BCUT2D eigenvalue weighted by Crippen LogP contribution is 2.14. The van der Waals surface area contributed by atoms with E-state index in [1.165, 1.54) is 24.8 Å². The average Bonchev–Trinajstić information content (AvgIpc) is 2.36. The van der Waals surface area contributed by atoms with E-state index in [4.69, 9.17) is 4.74 Å². The summed E-state index contributed by atoms with van der Waals surface area (Å²) in [6.07, 6.45) is 4.93. The third-order valence-corrected chi connectivity index (χ3v) is 3.47. The molecule has 1 unspecified atom stereocenters. The maximum absolute atomic E-state index is 5.81. The van der Waals surface area contributed by atoms with E-state index in [0.717, 1.165) is 24.7 Å². The summed E-state index contributed by atoms with van der Waals surface area (Å²) in [5.74, 6) is 1.79. The van der Waals surface area contributed by atoms with Crippen molar-refractivity contribution in [3.8, 4) is 5.75 Å². The molecule has 2 heteroatoms. The fourth-order valence-electron chi connectivity index (χ4n) is 2.23. The van der Waals surface area contributed by atoms with Crippen molar-refractivity contribution < 1.29 is 4.74 Å². The zero-order valence-electron chi connectivity index (χ0n) is 12.9. The summed E-state index contributed by atoms with van der Waals surface area (Å²) in [5, 5.41) is 3.39. The van der Waals surface area contributed by atoms with E-state index in [-0.39, 0.29) is 0 Å². The van der Waals surface area contributed by atoms with Gasteiger partial charge in [-0.15, -0.1) is 0 Å². The van der Waals surface area contributed by atoms with E-state index >= 15 is 0 Å². The van der Waals surface area contributed by atoms with Crippen LogP contribution in [-0.4, -0.2) is 19.7 Å². The van der Waals surface area contributed by atoms with Gasteiger partial charge < -0.3 is 10.1 Å². The zero-order chi connectivity index (χ0) is 14.1. The van der Waals surface area contributed by atoms with Gasteiger partial charge in [0.05, 0.1) is 6.61 Å². The molecule has 19 heavy (non-hydrogen) atoms. The second-order valence-corrected chi connectivity index (χ2v) is 5.76. The molecule has 1 aromatic carbocycles. The van der Waals surface area contributed by atoms with Crippen LogP contribution in [0.1, 0.15) is 45.1 Å². The minimum Gasteiger partial charge on any atom is -0.494 e. The lowest BCUT2D eigenvalue weighted by molar-refractivity contribution is 0.281. The highest BCUT2D eigenvalue weighted by molar-refractivity contribution is 5.27. The Morgan fingerprint density at radius 1 is 1.16 bits per heavy atom. The predicted octanol–water partition coefficient (Wildman–Crippen LogP) is 4.18. The van der Waals surface area contributed by atoms with E-state index < -0.39 is 0 Å². The Kier molecular flexibility index (Phi) is 7.57. The van der Waals surface area contributed by atoms with Crippen molar-refractivity contribution in [2.75, 3.05) is 13.7 Å². The van der Waals surface area contributed by atoms with E-state index in [0.29, 0.717) is 6.04 Å². The van der Waals surface area contributed by atoms with Crippen LogP contribution in [0, 0.1) is 12.8 Å². The van der Waals surface area contributed by atoms with Crippen molar-refractivity contribution in [2.24, 2.45) is 5.92 Å². The molecule has 108 valence electrons. The molecule has 0 aromatic heterocycles. The number of nitrogens with one attached hydrogen (secondary N) is 1. The molecule has 0 saturated heterocycles. The van der Waals surface area contributed by atoms with Gasteiger partial charge in [-0.3, -0.25) is 0 Å². The first kappa shape index (κ1) is 16.0. The second kappa shape index (κ2) is 8.98. The summed E-state index contributed by atoms with van der Waals surface area (Å²) >= 11 is 0. The van der Waals surface area contributed by atoms with Gasteiger partial charge in [0.15, 0.2) is 0 Å². The van der Waals surface area contributed by atoms with Gasteiger partial charge >= 0.3 is 0 Å². The Morgan fingerprint density at radius 3 is 2.58 bits per heavy atom. The molecule has 0 bridgehead atoms. The quantitative estimate of drug-likeness (QED) is 0.721. The molecular formula is C17H29NO. The molecule has 1 rings (SSSR count). The Hall–Kier alpha value is -1.02. The normalized spacial score (nSPS) is 12.7. The van der Waals surface area contributed by atoms with Crippen LogP contribution in [-0.2, 0) is 0 Å². The third kappa shape index (κ3) is 7.22. The topological polar surface area (TPSA) is 21.3 Å². The lowest BCUT2D eigenvalue weighted by atomic mass is 10.0. The van der Waals surface area contributed by atoms with E-state index in [1.54, 1.807) is 0 Å². The van der Waals surface area contributed by atoms with Gasteiger partial charge in [-0.2, -0.15) is 0 Å². The first-order valence-corrected chi connectivity index (χ1v) is 7.48. The molecule has 2 nitrogen and oxygen atoms in total. The first-order valence-electron chi connectivity index (χ1n) is 7.48. The minimum atomic E-state index is 0.573. The molecule has 0 radical (unpaired) electrons. The Balaban J connectivity index is 2.22. The highest BCUT2D eigenvalue weighted by Gasteiger charge is 2.07. The van der Waals surface area contributed by atoms with Crippen molar-refractivity contribution in [3.05, 3.63) is 29.8 Å². The molecule has 0 aliphatic heterocycles. The molecule has 1 atom stereocenters. The maximum atomic E-state index is 5.81. The van der Waals surface area contributed by atoms with Crippen LogP contribution in [0.15, 0.2) is 24.3 Å². The lowest BCUT2D eigenvalue weighted by Gasteiger charge is -2.17. The summed E-state index contributed by atoms with van der Waals surface area (Å²) in [6, 6.07) is 8.83. The first-order chi connectivity index (χ1) is 9.11. The van der Waals surface area contributed by atoms with E-state index in [2.05, 4.69) is 38.2 Å². The molecule has 0 heterocycles. The van der Waals surface area contributed by atoms with Crippen LogP contribution >= 0.6 is 0 Å². The van der Waals surface area contributed by atoms with Crippen LogP contribution in [0.2, 0.25) is 0 Å². The number of aryl methyl sites for hydroxylation is 1. The van der Waals surface area contributed by atoms with Crippen molar-refractivity contribution in [1.29, 1.82) is 0 Å². The molecule has 0 saturated carbocycles. The minimum absolute atomic E-state index is 0.573. The number of rotatable bonds is 9. The van der Waals surface area contributed by atoms with Crippen LogP contribution in [0.25, 0.3) is 0 Å². The molecule has 0 aliphatic carbocycles. The van der Waals surface area contributed by atoms with Crippen LogP contribution in [0.5, 0.6) is 5.75 Å². The molecular weight excluding hydrogens is 234 g/mol. The summed E-state index contributed by atoms with van der Waals surface area (Å²) in [6.45, 7) is 7.45. The smallest absolute Gasteiger partial charge is 0.119 e. The van der Waals surface area contributed by atoms with Crippen LogP contribution < -0.4 is 10.1 Å². The van der Waals surface area contributed by atoms with E-state index in [9.17, 15) is 0 Å². The monoisotopic (exact) mass is 263 g/mol. The molecule has 0 amide bonds. The third-order valence-electron chi connectivity index (χ3n) is 3.47. The second-order valence-electron chi connectivity index (χ2n) is 5.76. The summed E-state index contributed by atoms with van der Waals surface area (Å²) in [7, 11) is 2.05. The SMILES string of the molecule is CNC(CCCC(C)C)CCOc1cccc(C)c1. The molecule has 0 aliphatic rings. The maximum Gasteiger partial charge on any atom is 0.119 e. The van der Waals surface area contributed by atoms with Crippen LogP contribution in [0.3, 0.4) is 0 Å². The summed E-state index contributed by atoms with van der Waals surface area (Å²) < 4.78 is 5.81. The van der Waals surface area contributed by atoms with Crippen LogP contribution in [0.4, 0.5) is 0 Å². The molecule has 0 fully saturated rings. The van der Waals surface area contributed by atoms with Crippen molar-refractivity contribution >= 4 is 0 Å². The average molecular weight is 263 g/mol. The zero-order valence-corrected chi connectivity index (χ0v) is 12.9. The van der Waals surface area contributed by atoms with E-state index in [1.807, 2.05) is 19.2 Å². The van der Waals surface area contributed by atoms with Gasteiger partial charge in [0.1, 0.15) is 5.75 Å². The fourth-order valence-corrected chi connectivity index (χ4v) is 2.23. The largest absolute Gasteiger partial charge is 0.494 e. The van der Waals surface area contributed by atoms with Gasteiger partial charge in [-0.1, -0.05) is 38.8 Å². The molecule has 1 N–H and O–H groups in total. The number of ether oxygens (including phenoxy) is 1. The van der Waals surface area contributed by atoms with Crippen molar-refractivity contribution in [1.82, 2.24) is 5.32 Å². The van der Waals surface area contributed by atoms with Crippen molar-refractivity contribution in [2.45, 2.75) is 52.5 Å². The summed E-state index contributed by atoms with van der Waals surface area (Å²) in [5.41, 5.74) is 1.25. The molecule has 1 aromatic rings. The van der Waals surface area contributed by atoms with Gasteiger partial charge in [0.2, 0.25) is 0 Å². The fraction of sp³-hybridized carbons (Fsp3) is 0.647. The lowest BCUT2D eigenvalue weighted by Crippen LogP contribution is -2.27. The summed E-state index contributed by atoms with van der Waals surface area (Å²) in [4.78, 5) is 0. The Morgan fingerprint density at radius 2 is 1.95 bits per heavy atom. The van der Waals surface area contributed by atoms with Gasteiger partial charge in [0, 0.05) is 6.04 Å². The highest BCUT2D eigenvalue weighted by atomic mass is 16.5. The molecule has 0 spiro atoms. The van der Waals surface area contributed by atoms with Crippen molar-refractivity contribution in [3.63, 3.8) is 0 Å². The number of benzene rings is 1.